The fourth-order valence-electron chi connectivity index (χ4n) is 7.14. The van der Waals surface area contributed by atoms with E-state index in [1.165, 1.54) is 55.3 Å². The van der Waals surface area contributed by atoms with Crippen LogP contribution in [0.3, 0.4) is 0 Å². The first-order valence-corrected chi connectivity index (χ1v) is 16.9. The zero-order valence-corrected chi connectivity index (χ0v) is 27.6. The van der Waals surface area contributed by atoms with E-state index in [0.717, 1.165) is 17.7 Å². The summed E-state index contributed by atoms with van der Waals surface area (Å²) in [6.07, 6.45) is -7.23. The lowest BCUT2D eigenvalue weighted by atomic mass is 9.69. The lowest BCUT2D eigenvalue weighted by molar-refractivity contribution is -0.275. The largest absolute Gasteiger partial charge is 0.573 e. The number of rotatable bonds is 7. The van der Waals surface area contributed by atoms with Gasteiger partial charge in [0.15, 0.2) is 21.4 Å². The zero-order valence-electron chi connectivity index (χ0n) is 26.0. The van der Waals surface area contributed by atoms with Crippen molar-refractivity contribution in [1.82, 2.24) is 9.80 Å². The van der Waals surface area contributed by atoms with E-state index in [2.05, 4.69) is 4.74 Å². The molecule has 9 nitrogen and oxygen atoms in total. The minimum Gasteiger partial charge on any atom is -0.497 e. The number of halogens is 5. The van der Waals surface area contributed by atoms with Crippen molar-refractivity contribution in [3.63, 3.8) is 0 Å². The lowest BCUT2D eigenvalue weighted by Gasteiger charge is -2.48. The van der Waals surface area contributed by atoms with Crippen LogP contribution in [0.4, 0.5) is 17.6 Å². The predicted octanol–water partition coefficient (Wildman–Crippen LogP) is 5.41. The van der Waals surface area contributed by atoms with Crippen molar-refractivity contribution in [2.24, 2.45) is 0 Å². The van der Waals surface area contributed by atoms with Gasteiger partial charge in [0.1, 0.15) is 28.1 Å². The van der Waals surface area contributed by atoms with Crippen LogP contribution in [0.5, 0.6) is 17.2 Å². The second-order valence-corrected chi connectivity index (χ2v) is 14.6. The maximum atomic E-state index is 15.5. The van der Waals surface area contributed by atoms with Gasteiger partial charge < -0.3 is 19.1 Å². The van der Waals surface area contributed by atoms with Crippen LogP contribution in [0.1, 0.15) is 40.3 Å². The number of nitrogens with zero attached hydrogens (tertiary/aromatic N) is 2. The average Bonchev–Trinajstić information content (AvgIpc) is 3.66. The van der Waals surface area contributed by atoms with Gasteiger partial charge in [-0.2, -0.15) is 0 Å². The molecule has 4 atom stereocenters. The normalized spacial score (nSPS) is 24.1. The van der Waals surface area contributed by atoms with Gasteiger partial charge in [-0.05, 0) is 41.0 Å². The average molecular weight is 711 g/mol. The molecule has 0 N–H and O–H groups in total. The molecule has 0 saturated carbocycles. The second-order valence-electron chi connectivity index (χ2n) is 12.1. The molecule has 3 aromatic carbocycles. The van der Waals surface area contributed by atoms with Crippen molar-refractivity contribution in [3.05, 3.63) is 81.9 Å². The summed E-state index contributed by atoms with van der Waals surface area (Å²) in [5.74, 6) is -1.98. The Morgan fingerprint density at radius 1 is 1.10 bits per heavy atom. The van der Waals surface area contributed by atoms with Crippen molar-refractivity contribution in [3.8, 4) is 17.2 Å². The number of hydrogen-bond acceptors (Lipinski definition) is 8. The number of amides is 1. The zero-order chi connectivity index (χ0) is 34.8. The van der Waals surface area contributed by atoms with Crippen molar-refractivity contribution in [1.29, 1.82) is 0 Å². The van der Waals surface area contributed by atoms with Crippen molar-refractivity contribution in [2.45, 2.75) is 53.5 Å². The van der Waals surface area contributed by atoms with Gasteiger partial charge in [-0.1, -0.05) is 35.9 Å². The van der Waals surface area contributed by atoms with E-state index in [0.29, 0.717) is 18.8 Å². The van der Waals surface area contributed by atoms with Gasteiger partial charge >= 0.3 is 6.36 Å². The number of alkyl halides is 4. The summed E-state index contributed by atoms with van der Waals surface area (Å²) in [6, 6.07) is 11.1. The minimum atomic E-state index is -5.25. The molecular weight excluding hydrogens is 680 g/mol. The quantitative estimate of drug-likeness (QED) is 0.300. The lowest BCUT2D eigenvalue weighted by Crippen LogP contribution is -2.60. The third-order valence-electron chi connectivity index (χ3n) is 9.09. The molecule has 1 aliphatic carbocycles. The minimum absolute atomic E-state index is 0.0433. The van der Waals surface area contributed by atoms with E-state index in [4.69, 9.17) is 21.1 Å². The van der Waals surface area contributed by atoms with Crippen LogP contribution in [0.2, 0.25) is 5.02 Å². The van der Waals surface area contributed by atoms with E-state index in [-0.39, 0.29) is 40.4 Å². The molecule has 3 aromatic rings. The molecule has 2 unspecified atom stereocenters. The number of hydrogen-bond donors (Lipinski definition) is 0. The van der Waals surface area contributed by atoms with Crippen LogP contribution < -0.4 is 14.2 Å². The molecule has 1 saturated heterocycles. The molecule has 2 heterocycles. The number of ether oxygens (including phenoxy) is 3. The number of likely N-dealkylation sites (tertiary alicyclic amines) is 1. The third-order valence-corrected chi connectivity index (χ3v) is 11.5. The summed E-state index contributed by atoms with van der Waals surface area (Å²) in [6.45, 7) is -0.0632. The monoisotopic (exact) mass is 710 g/mol. The Morgan fingerprint density at radius 2 is 1.85 bits per heavy atom. The Balaban J connectivity index is 1.63. The molecule has 0 spiro atoms. The maximum Gasteiger partial charge on any atom is 0.573 e. The van der Waals surface area contributed by atoms with Crippen molar-refractivity contribution < 1.29 is 49.8 Å². The molecule has 0 radical (unpaired) electrons. The fraction of sp³-hybridized carbons (Fsp3) is 0.394. The smallest absolute Gasteiger partial charge is 0.497 e. The second kappa shape index (κ2) is 12.2. The van der Waals surface area contributed by atoms with Gasteiger partial charge in [0.2, 0.25) is 5.91 Å². The van der Waals surface area contributed by atoms with Crippen LogP contribution >= 0.6 is 11.6 Å². The Labute approximate surface area is 279 Å². The van der Waals surface area contributed by atoms with Crippen molar-refractivity contribution >= 4 is 33.1 Å². The summed E-state index contributed by atoms with van der Waals surface area (Å²) >= 11 is 6.53. The van der Waals surface area contributed by atoms with E-state index in [1.807, 2.05) is 6.07 Å². The number of carbonyl (C=O) groups excluding carboxylic acids is 2. The van der Waals surface area contributed by atoms with Gasteiger partial charge in [-0.15, -0.1) is 13.2 Å². The molecule has 1 fully saturated rings. The highest BCUT2D eigenvalue weighted by Crippen LogP contribution is 2.55. The van der Waals surface area contributed by atoms with E-state index < -0.39 is 68.0 Å². The first-order chi connectivity index (χ1) is 22.6. The van der Waals surface area contributed by atoms with Gasteiger partial charge in [-0.3, -0.25) is 14.5 Å². The van der Waals surface area contributed by atoms with E-state index in [9.17, 15) is 26.4 Å². The Bertz CT molecular complexity index is 1900. The molecule has 2 aliphatic heterocycles. The molecule has 48 heavy (non-hydrogen) atoms. The molecule has 6 rings (SSSR count). The Morgan fingerprint density at radius 3 is 2.54 bits per heavy atom. The number of ketones is 1. The highest BCUT2D eigenvalue weighted by molar-refractivity contribution is 7.91. The summed E-state index contributed by atoms with van der Waals surface area (Å²) < 4.78 is 100.0. The highest BCUT2D eigenvalue weighted by atomic mass is 35.5. The Hall–Kier alpha value is -3.88. The number of para-hydroxylation sites is 1. The van der Waals surface area contributed by atoms with Crippen LogP contribution in [-0.2, 0) is 31.4 Å². The molecular formula is C33H31ClF4N2O7S. The van der Waals surface area contributed by atoms with Crippen LogP contribution in [-0.4, -0.2) is 82.8 Å². The molecule has 3 aliphatic rings. The van der Waals surface area contributed by atoms with E-state index >= 15 is 9.18 Å². The standard InChI is InChI=1S/C33H31ClF4N2O7S/c1-39(2)31(42)25-14-20(35)17-40(25)32(23-6-4-5-18-11-12-46-30(18)23)24-13-19(34)7-9-22(24)28(16-29(32)41)48(43,44)27-10-8-21(45-3)15-26(27)47-33(36,37)38/h4-10,13,15,20,25,28H,11-12,14,16-17H2,1-3H3/t20-,25+,28?,32?/m1/s1. The number of methoxy groups -OCH3 is 1. The molecule has 0 bridgehead atoms. The maximum absolute atomic E-state index is 15.5. The summed E-state index contributed by atoms with van der Waals surface area (Å²) in [4.78, 5) is 30.6. The molecule has 15 heteroatoms. The summed E-state index contributed by atoms with van der Waals surface area (Å²) in [5, 5.41) is -1.60. The summed E-state index contributed by atoms with van der Waals surface area (Å²) in [5.41, 5.74) is -0.803. The van der Waals surface area contributed by atoms with Gasteiger partial charge in [-0.25, -0.2) is 12.8 Å². The van der Waals surface area contributed by atoms with Gasteiger partial charge in [0.05, 0.1) is 25.0 Å². The number of likely N-dealkylation sites (N-methyl/N-ethyl adjacent to an activating group) is 1. The molecule has 256 valence electrons. The SMILES string of the molecule is COc1ccc(S(=O)(=O)C2CC(=O)C(c3cccc4c3OCC4)(N3C[C@H](F)C[C@H]3C(=O)N(C)C)c3cc(Cl)ccc32)c(OC(F)(F)F)c1. The van der Waals surface area contributed by atoms with Crippen molar-refractivity contribution in [2.75, 3.05) is 34.4 Å². The first kappa shape index (κ1) is 34.0. The number of fused-ring (bicyclic) bond motifs is 2. The number of sulfone groups is 1. The topological polar surface area (TPSA) is 102 Å². The van der Waals surface area contributed by atoms with Gasteiger partial charge in [0, 0.05) is 56.6 Å². The van der Waals surface area contributed by atoms with E-state index in [1.54, 1.807) is 12.1 Å². The number of Topliss-reactive ketones (excluding diaryl/α,β-unsaturated/α-hetero) is 1. The first-order valence-electron chi connectivity index (χ1n) is 15.0. The number of benzene rings is 3. The van der Waals surface area contributed by atoms with Gasteiger partial charge in [0.25, 0.3) is 0 Å². The molecule has 0 aromatic heterocycles. The van der Waals surface area contributed by atoms with Crippen LogP contribution in [0.25, 0.3) is 0 Å². The predicted molar refractivity (Wildman–Crippen MR) is 166 cm³/mol. The third kappa shape index (κ3) is 5.57. The number of carbonyl (C=O) groups is 2. The van der Waals surface area contributed by atoms with Crippen LogP contribution in [0.15, 0.2) is 59.5 Å². The Kier molecular flexibility index (Phi) is 8.66. The summed E-state index contributed by atoms with van der Waals surface area (Å²) in [7, 11) is -0.606. The highest BCUT2D eigenvalue weighted by Gasteiger charge is 2.60. The molecule has 1 amide bonds. The van der Waals surface area contributed by atoms with Crippen LogP contribution in [0, 0.1) is 0 Å². The fourth-order valence-corrected chi connectivity index (χ4v) is 9.16.